The van der Waals surface area contributed by atoms with E-state index in [1.807, 2.05) is 13.8 Å². The van der Waals surface area contributed by atoms with Crippen molar-refractivity contribution in [3.8, 4) is 0 Å². The number of anilines is 1. The summed E-state index contributed by atoms with van der Waals surface area (Å²) in [5.74, 6) is 1.61. The van der Waals surface area contributed by atoms with Crippen LogP contribution >= 0.6 is 58.3 Å². The standard InChI is InChI=1S/C15H20ClN5O4S.C8H14N2O2.C7H7Cl2N3O2S/c1-5-6-26-15-19-13(16)10(21(22)23)14(20-15)18-9-7-8(17-2)11(24-3)12(9)25-4;1-10-6-4-5(9)7(11-2)8(6)12-3;1-2-3-15-7-10-5(8)4(12(13)14)6(9)11-7/h8-9,11-12H,5-7H2,1,3-4H3,(H,18,19,20);5-8H,4,9H2,2-3H3;2-3H2,1H3/t8-,9+,11+,12-;5-,6+,7+,8-;/m01./s1. The van der Waals surface area contributed by atoms with Gasteiger partial charge in [0, 0.05) is 58.8 Å². The summed E-state index contributed by atoms with van der Waals surface area (Å²) in [6.45, 7) is 18.3. The largest absolute Gasteiger partial charge is 0.377 e. The van der Waals surface area contributed by atoms with Gasteiger partial charge in [-0.2, -0.15) is 4.98 Å². The van der Waals surface area contributed by atoms with Crippen molar-refractivity contribution < 1.29 is 28.8 Å². The SMILES string of the molecule is CCCSc1nc(Cl)c([N+](=O)[O-])c(Cl)n1.[C-]#[N+][C@H]1C[C@@H](N)[C@H](OC)[C@@H]1OC.[C-]#[N+][C@H]1C[C@@H](Nc2nc(SCCC)nc(Cl)c2[N+](=O)[O-])[C@H](OC)[C@@H]1OC. The number of rotatable bonds is 14. The number of nitrogens with zero attached hydrogens (tertiary/aromatic N) is 8. The first-order valence-electron chi connectivity index (χ1n) is 16.0. The van der Waals surface area contributed by atoms with Crippen LogP contribution in [-0.2, 0) is 18.9 Å². The summed E-state index contributed by atoms with van der Waals surface area (Å²) >= 11 is 20.0. The van der Waals surface area contributed by atoms with E-state index in [1.165, 1.54) is 37.7 Å². The molecule has 0 saturated heterocycles. The highest BCUT2D eigenvalue weighted by atomic mass is 35.5. The topological polar surface area (TPSA) is 222 Å². The summed E-state index contributed by atoms with van der Waals surface area (Å²) in [6.07, 6.45) is 1.76. The summed E-state index contributed by atoms with van der Waals surface area (Å²) in [5, 5.41) is 25.0. The van der Waals surface area contributed by atoms with Crippen LogP contribution in [0.3, 0.4) is 0 Å². The number of nitrogens with one attached hydrogen (secondary N) is 1. The molecule has 292 valence electrons. The number of aromatic nitrogens is 4. The van der Waals surface area contributed by atoms with Crippen molar-refractivity contribution in [1.82, 2.24) is 19.9 Å². The first-order valence-corrected chi connectivity index (χ1v) is 19.1. The van der Waals surface area contributed by atoms with Crippen molar-refractivity contribution in [3.05, 3.63) is 58.5 Å². The summed E-state index contributed by atoms with van der Waals surface area (Å²) < 4.78 is 21.2. The van der Waals surface area contributed by atoms with Crippen LogP contribution < -0.4 is 11.1 Å². The van der Waals surface area contributed by atoms with Crippen molar-refractivity contribution in [2.75, 3.05) is 45.3 Å². The Morgan fingerprint density at radius 3 is 1.58 bits per heavy atom. The van der Waals surface area contributed by atoms with Crippen molar-refractivity contribution in [1.29, 1.82) is 0 Å². The molecule has 2 aromatic heterocycles. The Hall–Kier alpha value is -2.89. The Morgan fingerprint density at radius 1 is 0.755 bits per heavy atom. The van der Waals surface area contributed by atoms with E-state index in [0.29, 0.717) is 23.2 Å². The highest BCUT2D eigenvalue weighted by Gasteiger charge is 2.49. The van der Waals surface area contributed by atoms with Gasteiger partial charge in [0.05, 0.1) is 15.9 Å². The number of hydrogen-bond donors (Lipinski definition) is 2. The highest BCUT2D eigenvalue weighted by molar-refractivity contribution is 7.99. The average Bonchev–Trinajstić information content (AvgIpc) is 3.63. The lowest BCUT2D eigenvalue weighted by molar-refractivity contribution is -0.385. The summed E-state index contributed by atoms with van der Waals surface area (Å²) in [7, 11) is 6.22. The first kappa shape index (κ1) is 46.3. The third-order valence-corrected chi connectivity index (χ3v) is 10.7. The fourth-order valence-electron chi connectivity index (χ4n) is 5.47. The van der Waals surface area contributed by atoms with E-state index in [9.17, 15) is 20.2 Å². The van der Waals surface area contributed by atoms with Gasteiger partial charge >= 0.3 is 11.4 Å². The van der Waals surface area contributed by atoms with E-state index in [-0.39, 0.29) is 57.3 Å². The van der Waals surface area contributed by atoms with E-state index in [2.05, 4.69) is 34.9 Å². The van der Waals surface area contributed by atoms with E-state index >= 15 is 0 Å². The van der Waals surface area contributed by atoms with Crippen molar-refractivity contribution >= 4 is 75.5 Å². The lowest BCUT2D eigenvalue weighted by Gasteiger charge is -2.22. The Bertz CT molecular complexity index is 1600. The number of halogens is 3. The summed E-state index contributed by atoms with van der Waals surface area (Å²) in [6, 6.07) is -1.00. The average molecular weight is 840 g/mol. The van der Waals surface area contributed by atoms with Gasteiger partial charge in [-0.1, -0.05) is 72.2 Å². The predicted octanol–water partition coefficient (Wildman–Crippen LogP) is 6.27. The maximum Gasteiger partial charge on any atom is 0.348 e. The molecule has 4 rings (SSSR count). The Kier molecular flexibility index (Phi) is 20.2. The van der Waals surface area contributed by atoms with Gasteiger partial charge in [-0.05, 0) is 12.8 Å². The van der Waals surface area contributed by atoms with Gasteiger partial charge in [0.2, 0.25) is 21.3 Å². The molecule has 0 amide bonds. The molecule has 2 saturated carbocycles. The first-order chi connectivity index (χ1) is 25.3. The molecule has 8 atom stereocenters. The number of nitrogens with two attached hydrogens (primary N) is 1. The number of methoxy groups -OCH3 is 4. The zero-order valence-electron chi connectivity index (χ0n) is 29.7. The molecular formula is C30H41Cl3N10O8S2. The van der Waals surface area contributed by atoms with E-state index in [4.69, 9.17) is 72.6 Å². The normalized spacial score (nSPS) is 24.5. The zero-order chi connectivity index (χ0) is 39.8. The Morgan fingerprint density at radius 2 is 1.17 bits per heavy atom. The van der Waals surface area contributed by atoms with Gasteiger partial charge in [-0.25, -0.2) is 28.1 Å². The second-order valence-electron chi connectivity index (χ2n) is 11.2. The number of nitro groups is 2. The van der Waals surface area contributed by atoms with Crippen LogP contribution in [0.25, 0.3) is 9.69 Å². The molecule has 2 fully saturated rings. The molecule has 0 unspecified atom stereocenters. The Labute approximate surface area is 330 Å². The van der Waals surface area contributed by atoms with Crippen molar-refractivity contribution in [2.24, 2.45) is 5.73 Å². The number of thioether (sulfide) groups is 2. The minimum Gasteiger partial charge on any atom is -0.377 e. The maximum atomic E-state index is 11.4. The quantitative estimate of drug-likeness (QED) is 0.0534. The molecule has 53 heavy (non-hydrogen) atoms. The third kappa shape index (κ3) is 12.6. The number of hydrogen-bond acceptors (Lipinski definition) is 16. The third-order valence-electron chi connectivity index (χ3n) is 7.81. The van der Waals surface area contributed by atoms with Crippen LogP contribution in [0, 0.1) is 33.4 Å². The van der Waals surface area contributed by atoms with Crippen LogP contribution in [0.5, 0.6) is 0 Å². The molecule has 0 aliphatic heterocycles. The summed E-state index contributed by atoms with van der Waals surface area (Å²) in [5.41, 5.74) is 4.94. The van der Waals surface area contributed by atoms with Crippen LogP contribution in [0.15, 0.2) is 10.3 Å². The van der Waals surface area contributed by atoms with Gasteiger partial charge in [0.1, 0.15) is 12.2 Å². The van der Waals surface area contributed by atoms with Crippen LogP contribution in [0.4, 0.5) is 17.2 Å². The molecule has 18 nitrogen and oxygen atoms in total. The predicted molar refractivity (Wildman–Crippen MR) is 203 cm³/mol. The highest BCUT2D eigenvalue weighted by Crippen LogP contribution is 2.36. The zero-order valence-corrected chi connectivity index (χ0v) is 33.6. The monoisotopic (exact) mass is 838 g/mol. The van der Waals surface area contributed by atoms with Crippen LogP contribution in [-0.4, -0.2) is 118 Å². The van der Waals surface area contributed by atoms with E-state index in [1.54, 1.807) is 14.2 Å². The molecule has 0 bridgehead atoms. The minimum absolute atomic E-state index is 0.0288. The molecule has 2 aliphatic carbocycles. The molecule has 0 radical (unpaired) electrons. The molecule has 0 aromatic carbocycles. The van der Waals surface area contributed by atoms with E-state index in [0.717, 1.165) is 24.3 Å². The Balaban J connectivity index is 0.000000304. The van der Waals surface area contributed by atoms with Gasteiger partial charge in [0.25, 0.3) is 12.1 Å². The molecule has 2 aliphatic rings. The van der Waals surface area contributed by atoms with Crippen molar-refractivity contribution in [3.63, 3.8) is 0 Å². The van der Waals surface area contributed by atoms with Crippen LogP contribution in [0.1, 0.15) is 39.5 Å². The fourth-order valence-corrected chi connectivity index (χ4v) is 7.78. The van der Waals surface area contributed by atoms with Crippen LogP contribution in [0.2, 0.25) is 15.5 Å². The van der Waals surface area contributed by atoms with Gasteiger partial charge < -0.3 is 39.7 Å². The smallest absolute Gasteiger partial charge is 0.348 e. The maximum absolute atomic E-state index is 11.4. The molecule has 3 N–H and O–H groups in total. The molecule has 0 spiro atoms. The number of ether oxygens (including phenoxy) is 4. The second-order valence-corrected chi connectivity index (χ2v) is 14.4. The van der Waals surface area contributed by atoms with E-state index < -0.39 is 33.8 Å². The lowest BCUT2D eigenvalue weighted by atomic mass is 10.2. The molecule has 23 heteroatoms. The lowest BCUT2D eigenvalue weighted by Crippen LogP contribution is -2.38. The molecule has 2 aromatic rings. The fraction of sp³-hybridized carbons (Fsp3) is 0.667. The van der Waals surface area contributed by atoms with Gasteiger partial charge in [-0.15, -0.1) is 0 Å². The molecular weight excluding hydrogens is 799 g/mol. The van der Waals surface area contributed by atoms with Gasteiger partial charge in [-0.3, -0.25) is 20.2 Å². The molecule has 2 heterocycles. The van der Waals surface area contributed by atoms with Gasteiger partial charge in [0.15, 0.2) is 22.5 Å². The van der Waals surface area contributed by atoms with Crippen molar-refractivity contribution in [2.45, 2.75) is 98.4 Å². The second kappa shape index (κ2) is 23.1. The summed E-state index contributed by atoms with van der Waals surface area (Å²) in [4.78, 5) is 43.5. The minimum atomic E-state index is -0.696.